The Morgan fingerprint density at radius 3 is 2.15 bits per heavy atom. The van der Waals surface area contributed by atoms with E-state index in [9.17, 15) is 13.2 Å². The smallest absolute Gasteiger partial charge is 0.335 e. The predicted octanol–water partition coefficient (Wildman–Crippen LogP) is 3.73. The molecular formula is C20H26O5S. The minimum atomic E-state index is -3.86. The summed E-state index contributed by atoms with van der Waals surface area (Å²) in [7, 11) is -3.86. The Kier molecular flexibility index (Phi) is 7.03. The van der Waals surface area contributed by atoms with Gasteiger partial charge in [-0.2, -0.15) is 0 Å². The minimum Gasteiger partial charge on any atom is -0.497 e. The summed E-state index contributed by atoms with van der Waals surface area (Å²) in [6.45, 7) is 9.74. The van der Waals surface area contributed by atoms with Gasteiger partial charge in [-0.25, -0.2) is 13.2 Å². The molecule has 2 unspecified atom stereocenters. The zero-order valence-electron chi connectivity index (χ0n) is 15.1. The summed E-state index contributed by atoms with van der Waals surface area (Å²) in [6.07, 6.45) is 3.35. The van der Waals surface area contributed by atoms with E-state index in [1.165, 1.54) is 6.92 Å². The number of hydrogen-bond donors (Lipinski definition) is 0. The van der Waals surface area contributed by atoms with E-state index in [1.54, 1.807) is 30.3 Å². The fourth-order valence-corrected chi connectivity index (χ4v) is 4.72. The van der Waals surface area contributed by atoms with Crippen molar-refractivity contribution in [2.24, 2.45) is 0 Å². The van der Waals surface area contributed by atoms with Gasteiger partial charge in [-0.3, -0.25) is 0 Å². The summed E-state index contributed by atoms with van der Waals surface area (Å²) < 4.78 is 37.3. The second-order valence-electron chi connectivity index (χ2n) is 6.41. The Morgan fingerprint density at radius 2 is 1.54 bits per heavy atom. The van der Waals surface area contributed by atoms with Crippen LogP contribution in [-0.4, -0.2) is 32.9 Å². The summed E-state index contributed by atoms with van der Waals surface area (Å²) >= 11 is 0. The molecule has 1 heterocycles. The second-order valence-corrected chi connectivity index (χ2v) is 8.77. The first-order chi connectivity index (χ1) is 12.4. The number of sulfone groups is 1. The molecule has 1 aliphatic heterocycles. The SMILES string of the molecule is C=C1OCCCCCCOC(=O)C(=C)C(c2ccccc2)S(=O)(=O)C1C. The Balaban J connectivity index is 2.43. The van der Waals surface area contributed by atoms with Crippen molar-refractivity contribution in [3.05, 3.63) is 60.4 Å². The van der Waals surface area contributed by atoms with Crippen LogP contribution in [-0.2, 0) is 24.1 Å². The molecule has 142 valence electrons. The molecule has 5 nitrogen and oxygen atoms in total. The number of benzene rings is 1. The molecule has 0 amide bonds. The molecule has 1 aliphatic rings. The van der Waals surface area contributed by atoms with Crippen LogP contribution < -0.4 is 0 Å². The van der Waals surface area contributed by atoms with Crippen molar-refractivity contribution in [3.8, 4) is 0 Å². The van der Waals surface area contributed by atoms with Crippen molar-refractivity contribution in [1.82, 2.24) is 0 Å². The number of ether oxygens (including phenoxy) is 2. The summed E-state index contributed by atoms with van der Waals surface area (Å²) in [4.78, 5) is 12.4. The largest absolute Gasteiger partial charge is 0.497 e. The number of esters is 1. The average Bonchev–Trinajstić information content (AvgIpc) is 2.62. The van der Waals surface area contributed by atoms with E-state index in [2.05, 4.69) is 13.2 Å². The van der Waals surface area contributed by atoms with Gasteiger partial charge in [-0.15, -0.1) is 0 Å². The second kappa shape index (κ2) is 9.03. The summed E-state index contributed by atoms with van der Waals surface area (Å²) in [5, 5.41) is -2.17. The molecule has 0 spiro atoms. The van der Waals surface area contributed by atoms with Gasteiger partial charge in [-0.1, -0.05) is 43.5 Å². The van der Waals surface area contributed by atoms with E-state index in [4.69, 9.17) is 9.47 Å². The van der Waals surface area contributed by atoms with Crippen LogP contribution >= 0.6 is 0 Å². The molecule has 2 atom stereocenters. The summed E-state index contributed by atoms with van der Waals surface area (Å²) in [5.74, 6) is -0.498. The van der Waals surface area contributed by atoms with Crippen molar-refractivity contribution in [2.45, 2.75) is 43.1 Å². The fourth-order valence-electron chi connectivity index (χ4n) is 2.85. The van der Waals surface area contributed by atoms with Crippen LogP contribution in [0.25, 0.3) is 0 Å². The maximum absolute atomic E-state index is 13.3. The molecule has 0 N–H and O–H groups in total. The highest BCUT2D eigenvalue weighted by molar-refractivity contribution is 7.92. The third-order valence-corrected chi connectivity index (χ3v) is 6.98. The van der Waals surface area contributed by atoms with Crippen molar-refractivity contribution in [3.63, 3.8) is 0 Å². The van der Waals surface area contributed by atoms with Crippen molar-refractivity contribution >= 4 is 15.8 Å². The highest BCUT2D eigenvalue weighted by Crippen LogP contribution is 2.35. The molecule has 1 aromatic rings. The average molecular weight is 378 g/mol. The standard InChI is InChI=1S/C20H26O5S/c1-15-19(18-11-7-6-8-12-18)26(22,23)17(3)16(2)24-13-9-4-5-10-14-25-20(15)21/h6-8,11-12,17,19H,1-2,4-5,9-10,13-14H2,3H3. The van der Waals surface area contributed by atoms with Gasteiger partial charge in [0.15, 0.2) is 9.84 Å². The zero-order valence-corrected chi connectivity index (χ0v) is 16.0. The van der Waals surface area contributed by atoms with Crippen LogP contribution in [0.3, 0.4) is 0 Å². The molecule has 0 bridgehead atoms. The van der Waals surface area contributed by atoms with E-state index in [0.29, 0.717) is 12.2 Å². The molecule has 0 aliphatic carbocycles. The van der Waals surface area contributed by atoms with Gasteiger partial charge in [0.05, 0.1) is 18.8 Å². The van der Waals surface area contributed by atoms with E-state index >= 15 is 0 Å². The lowest BCUT2D eigenvalue weighted by molar-refractivity contribution is -0.139. The number of rotatable bonds is 1. The lowest BCUT2D eigenvalue weighted by atomic mass is 10.1. The number of carbonyl (C=O) groups excluding carboxylic acids is 1. The Hall–Kier alpha value is -2.08. The van der Waals surface area contributed by atoms with Crippen LogP contribution in [0, 0.1) is 0 Å². The van der Waals surface area contributed by atoms with Crippen molar-refractivity contribution < 1.29 is 22.7 Å². The third kappa shape index (κ3) is 4.75. The fraction of sp³-hybridized carbons (Fsp3) is 0.450. The van der Waals surface area contributed by atoms with Gasteiger partial charge < -0.3 is 9.47 Å². The van der Waals surface area contributed by atoms with Gasteiger partial charge in [0, 0.05) is 0 Å². The van der Waals surface area contributed by atoms with Crippen LogP contribution in [0.5, 0.6) is 0 Å². The van der Waals surface area contributed by atoms with Gasteiger partial charge in [0.25, 0.3) is 0 Å². The Morgan fingerprint density at radius 1 is 0.962 bits per heavy atom. The maximum atomic E-state index is 13.3. The number of cyclic esters (lactones) is 1. The topological polar surface area (TPSA) is 69.7 Å². The zero-order chi connectivity index (χ0) is 19.2. The van der Waals surface area contributed by atoms with Crippen LogP contribution in [0.15, 0.2) is 54.8 Å². The monoisotopic (exact) mass is 378 g/mol. The molecular weight excluding hydrogens is 352 g/mol. The van der Waals surface area contributed by atoms with Crippen LogP contribution in [0.2, 0.25) is 0 Å². The molecule has 6 heteroatoms. The predicted molar refractivity (Wildman–Crippen MR) is 101 cm³/mol. The minimum absolute atomic E-state index is 0.0899. The van der Waals surface area contributed by atoms with Crippen molar-refractivity contribution in [1.29, 1.82) is 0 Å². The quantitative estimate of drug-likeness (QED) is 0.550. The molecule has 26 heavy (non-hydrogen) atoms. The number of hydrogen-bond acceptors (Lipinski definition) is 5. The normalized spacial score (nSPS) is 25.7. The maximum Gasteiger partial charge on any atom is 0.335 e. The number of carbonyl (C=O) groups is 1. The van der Waals surface area contributed by atoms with Crippen LogP contribution in [0.4, 0.5) is 0 Å². The Labute approximate surface area is 155 Å². The summed E-state index contributed by atoms with van der Waals surface area (Å²) in [6, 6.07) is 8.57. The molecule has 1 saturated heterocycles. The first-order valence-corrected chi connectivity index (χ1v) is 10.4. The van der Waals surface area contributed by atoms with Gasteiger partial charge in [0.2, 0.25) is 0 Å². The van der Waals surface area contributed by atoms with Crippen molar-refractivity contribution in [2.75, 3.05) is 13.2 Å². The lowest BCUT2D eigenvalue weighted by Crippen LogP contribution is -2.30. The van der Waals surface area contributed by atoms with E-state index in [-0.39, 0.29) is 17.9 Å². The van der Waals surface area contributed by atoms with E-state index < -0.39 is 26.3 Å². The third-order valence-electron chi connectivity index (χ3n) is 4.52. The highest BCUT2D eigenvalue weighted by Gasteiger charge is 2.39. The van der Waals surface area contributed by atoms with Crippen LogP contribution in [0.1, 0.15) is 43.4 Å². The molecule has 1 fully saturated rings. The first kappa shape index (κ1) is 20.2. The summed E-state index contributed by atoms with van der Waals surface area (Å²) in [5.41, 5.74) is 0.383. The van der Waals surface area contributed by atoms with E-state index in [0.717, 1.165) is 25.7 Å². The Bertz CT molecular complexity index is 752. The first-order valence-electron chi connectivity index (χ1n) is 8.81. The van der Waals surface area contributed by atoms with Gasteiger partial charge in [-0.05, 0) is 38.2 Å². The molecule has 0 saturated carbocycles. The molecule has 2 rings (SSSR count). The lowest BCUT2D eigenvalue weighted by Gasteiger charge is -2.25. The van der Waals surface area contributed by atoms with Gasteiger partial charge >= 0.3 is 5.97 Å². The van der Waals surface area contributed by atoms with Gasteiger partial charge in [0.1, 0.15) is 16.3 Å². The molecule has 0 radical (unpaired) electrons. The highest BCUT2D eigenvalue weighted by atomic mass is 32.2. The van der Waals surface area contributed by atoms with E-state index in [1.807, 2.05) is 0 Å². The molecule has 1 aromatic carbocycles. The molecule has 0 aromatic heterocycles.